The smallest absolute Gasteiger partial charge is 0.364 e. The summed E-state index contributed by atoms with van der Waals surface area (Å²) in [5.74, 6) is -0.477. The highest BCUT2D eigenvalue weighted by Gasteiger charge is 2.34. The van der Waals surface area contributed by atoms with Crippen LogP contribution in [0, 0.1) is 27.8 Å². The highest BCUT2D eigenvalue weighted by molar-refractivity contribution is 5.57. The first-order valence-corrected chi connectivity index (χ1v) is 10.2. The minimum atomic E-state index is -4.82. The molecule has 0 bridgehead atoms. The van der Waals surface area contributed by atoms with E-state index in [1.807, 2.05) is 0 Å². The Morgan fingerprint density at radius 3 is 2.47 bits per heavy atom. The van der Waals surface area contributed by atoms with Crippen LogP contribution in [0.15, 0.2) is 24.4 Å². The van der Waals surface area contributed by atoms with Crippen LogP contribution in [0.4, 0.5) is 35.0 Å². The zero-order valence-corrected chi connectivity index (χ0v) is 17.2. The van der Waals surface area contributed by atoms with Gasteiger partial charge in [-0.05, 0) is 61.8 Å². The molecule has 1 fully saturated rings. The van der Waals surface area contributed by atoms with Gasteiger partial charge in [-0.3, -0.25) is 10.1 Å². The van der Waals surface area contributed by atoms with Crippen molar-refractivity contribution in [2.45, 2.75) is 38.4 Å². The fraction of sp³-hybridized carbons (Fsp3) is 0.500. The van der Waals surface area contributed by atoms with Gasteiger partial charge in [0, 0.05) is 13.1 Å². The quantitative estimate of drug-likeness (QED) is 0.307. The molecule has 4 N–H and O–H groups in total. The first kappa shape index (κ1) is 23.6. The number of benzene rings is 1. The molecule has 0 amide bonds. The van der Waals surface area contributed by atoms with Crippen LogP contribution in [-0.2, 0) is 12.7 Å². The minimum Gasteiger partial charge on any atom is -0.364 e. The van der Waals surface area contributed by atoms with E-state index < -0.39 is 22.5 Å². The van der Waals surface area contributed by atoms with Crippen molar-refractivity contribution < 1.29 is 22.5 Å². The summed E-state index contributed by atoms with van der Waals surface area (Å²) >= 11 is 0. The normalized spacial score (nSPS) is 18.9. The Labute approximate surface area is 181 Å². The lowest BCUT2D eigenvalue weighted by Crippen LogP contribution is -2.25. The van der Waals surface area contributed by atoms with Gasteiger partial charge < -0.3 is 16.4 Å². The number of rotatable bonds is 8. The molecule has 1 aliphatic rings. The Bertz CT molecular complexity index is 948. The van der Waals surface area contributed by atoms with E-state index in [1.54, 1.807) is 0 Å². The monoisotopic (exact) mass is 456 g/mol. The Morgan fingerprint density at radius 2 is 1.84 bits per heavy atom. The van der Waals surface area contributed by atoms with Crippen molar-refractivity contribution in [3.63, 3.8) is 0 Å². The number of halogens is 4. The van der Waals surface area contributed by atoms with Gasteiger partial charge in [-0.15, -0.1) is 0 Å². The van der Waals surface area contributed by atoms with E-state index in [4.69, 9.17) is 5.73 Å². The summed E-state index contributed by atoms with van der Waals surface area (Å²) in [6.07, 6.45) is 0.174. The summed E-state index contributed by atoms with van der Waals surface area (Å²) in [5.41, 5.74) is 4.19. The lowest BCUT2D eigenvalue weighted by atomic mass is 9.82. The topological polar surface area (TPSA) is 119 Å². The van der Waals surface area contributed by atoms with E-state index >= 15 is 0 Å². The highest BCUT2D eigenvalue weighted by Crippen LogP contribution is 2.32. The molecular formula is C20H24F4N6O2. The number of anilines is 2. The molecule has 0 radical (unpaired) electrons. The molecule has 0 aliphatic heterocycles. The average Bonchev–Trinajstić information content (AvgIpc) is 2.76. The van der Waals surface area contributed by atoms with Crippen LogP contribution in [0.2, 0.25) is 0 Å². The number of nitro groups is 1. The lowest BCUT2D eigenvalue weighted by molar-refractivity contribution is -0.384. The maximum Gasteiger partial charge on any atom is 0.419 e. The van der Waals surface area contributed by atoms with Crippen LogP contribution in [0.25, 0.3) is 0 Å². The second-order valence-corrected chi connectivity index (χ2v) is 7.85. The maximum absolute atomic E-state index is 13.4. The molecule has 3 rings (SSSR count). The second kappa shape index (κ2) is 10.1. The van der Waals surface area contributed by atoms with Crippen LogP contribution in [0.1, 0.15) is 36.8 Å². The number of nitrogens with one attached hydrogen (secondary N) is 2. The second-order valence-electron chi connectivity index (χ2n) is 7.85. The number of nitrogens with two attached hydrogens (primary N) is 1. The number of hydrogen-bond donors (Lipinski definition) is 3. The summed E-state index contributed by atoms with van der Waals surface area (Å²) in [6, 6.07) is 2.65. The molecule has 1 saturated carbocycles. The molecule has 32 heavy (non-hydrogen) atoms. The van der Waals surface area contributed by atoms with Crippen molar-refractivity contribution in [1.29, 1.82) is 0 Å². The predicted molar refractivity (Wildman–Crippen MR) is 110 cm³/mol. The maximum atomic E-state index is 13.4. The van der Waals surface area contributed by atoms with Gasteiger partial charge in [-0.25, -0.2) is 9.37 Å². The third kappa shape index (κ3) is 6.02. The van der Waals surface area contributed by atoms with Crippen molar-refractivity contribution in [3.8, 4) is 0 Å². The molecule has 1 heterocycles. The van der Waals surface area contributed by atoms with Gasteiger partial charge >= 0.3 is 11.9 Å². The Kier molecular flexibility index (Phi) is 7.44. The van der Waals surface area contributed by atoms with Crippen molar-refractivity contribution in [1.82, 2.24) is 9.97 Å². The largest absolute Gasteiger partial charge is 0.419 e. The summed E-state index contributed by atoms with van der Waals surface area (Å²) in [6.45, 7) is 1.04. The number of nitrogens with zero attached hydrogens (tertiary/aromatic N) is 3. The van der Waals surface area contributed by atoms with Crippen LogP contribution in [0.5, 0.6) is 0 Å². The summed E-state index contributed by atoms with van der Waals surface area (Å²) in [4.78, 5) is 18.7. The van der Waals surface area contributed by atoms with Crippen molar-refractivity contribution in [2.24, 2.45) is 17.6 Å². The molecule has 174 valence electrons. The van der Waals surface area contributed by atoms with E-state index in [-0.39, 0.29) is 29.6 Å². The summed E-state index contributed by atoms with van der Waals surface area (Å²) in [5, 5.41) is 17.1. The van der Waals surface area contributed by atoms with Gasteiger partial charge in [-0.1, -0.05) is 6.07 Å². The minimum absolute atomic E-state index is 0.00261. The third-order valence-corrected chi connectivity index (χ3v) is 5.61. The molecular weight excluding hydrogens is 432 g/mol. The fourth-order valence-electron chi connectivity index (χ4n) is 3.72. The number of alkyl halides is 3. The van der Waals surface area contributed by atoms with Crippen molar-refractivity contribution >= 4 is 17.5 Å². The Balaban J connectivity index is 1.67. The van der Waals surface area contributed by atoms with Crippen molar-refractivity contribution in [2.75, 3.05) is 23.7 Å². The molecule has 2 aromatic rings. The molecule has 0 saturated heterocycles. The first-order chi connectivity index (χ1) is 15.2. The molecule has 0 unspecified atom stereocenters. The molecule has 0 atom stereocenters. The Morgan fingerprint density at radius 1 is 1.16 bits per heavy atom. The number of aromatic nitrogens is 2. The van der Waals surface area contributed by atoms with Crippen LogP contribution >= 0.6 is 0 Å². The van der Waals surface area contributed by atoms with Crippen LogP contribution < -0.4 is 16.4 Å². The van der Waals surface area contributed by atoms with E-state index in [2.05, 4.69) is 20.6 Å². The predicted octanol–water partition coefficient (Wildman–Crippen LogP) is 4.33. The zero-order valence-electron chi connectivity index (χ0n) is 17.2. The molecule has 12 heteroatoms. The highest BCUT2D eigenvalue weighted by atomic mass is 19.4. The average molecular weight is 456 g/mol. The zero-order chi connectivity index (χ0) is 23.3. The summed E-state index contributed by atoms with van der Waals surface area (Å²) in [7, 11) is 0. The standard InChI is InChI=1S/C20H24F4N6O2/c21-16-6-5-14(7-15(16)20(22,23)24)10-27-19-28-11-17(30(31)32)18(29-19)26-9-13-3-1-12(8-25)2-4-13/h5-7,11-13H,1-4,8-10,25H2,(H2,26,27,28,29). The molecule has 1 aromatic carbocycles. The third-order valence-electron chi connectivity index (χ3n) is 5.61. The molecule has 8 nitrogen and oxygen atoms in total. The van der Waals surface area contributed by atoms with E-state index in [1.165, 1.54) is 6.07 Å². The number of hydrogen-bond acceptors (Lipinski definition) is 7. The van der Waals surface area contributed by atoms with Gasteiger partial charge in [0.2, 0.25) is 11.8 Å². The van der Waals surface area contributed by atoms with E-state index in [0.29, 0.717) is 31.0 Å². The van der Waals surface area contributed by atoms with Crippen LogP contribution in [0.3, 0.4) is 0 Å². The van der Waals surface area contributed by atoms with Gasteiger partial charge in [0.05, 0.1) is 10.5 Å². The van der Waals surface area contributed by atoms with Crippen molar-refractivity contribution in [3.05, 3.63) is 51.5 Å². The van der Waals surface area contributed by atoms with E-state index in [0.717, 1.165) is 37.9 Å². The molecule has 1 aromatic heterocycles. The molecule has 0 spiro atoms. The van der Waals surface area contributed by atoms with Gasteiger partial charge in [0.1, 0.15) is 12.0 Å². The van der Waals surface area contributed by atoms with Gasteiger partial charge in [0.15, 0.2) is 0 Å². The summed E-state index contributed by atoms with van der Waals surface area (Å²) < 4.78 is 52.1. The first-order valence-electron chi connectivity index (χ1n) is 10.2. The Hall–Kier alpha value is -3.02. The van der Waals surface area contributed by atoms with Gasteiger partial charge in [-0.2, -0.15) is 18.2 Å². The molecule has 1 aliphatic carbocycles. The van der Waals surface area contributed by atoms with Crippen LogP contribution in [-0.4, -0.2) is 28.0 Å². The van der Waals surface area contributed by atoms with Gasteiger partial charge in [0.25, 0.3) is 0 Å². The SMILES string of the molecule is NCC1CCC(CNc2nc(NCc3ccc(F)c(C(F)(F)F)c3)ncc2[N+](=O)[O-])CC1. The lowest BCUT2D eigenvalue weighted by Gasteiger charge is -2.27. The fourth-order valence-corrected chi connectivity index (χ4v) is 3.72. The van der Waals surface area contributed by atoms with E-state index in [9.17, 15) is 27.7 Å².